The van der Waals surface area contributed by atoms with Gasteiger partial charge in [0.1, 0.15) is 5.75 Å². The minimum absolute atomic E-state index is 0.162. The van der Waals surface area contributed by atoms with Crippen molar-refractivity contribution in [3.63, 3.8) is 0 Å². The Kier molecular flexibility index (Phi) is 5.46. The van der Waals surface area contributed by atoms with Crippen LogP contribution in [-0.2, 0) is 13.0 Å². The number of hydrogen-bond donors (Lipinski definition) is 1. The molecular formula is C20H26N2O3. The normalized spacial score (nSPS) is 17.0. The van der Waals surface area contributed by atoms with Gasteiger partial charge in [0.2, 0.25) is 0 Å². The van der Waals surface area contributed by atoms with Crippen LogP contribution in [0.15, 0.2) is 36.4 Å². The van der Waals surface area contributed by atoms with E-state index in [0.717, 1.165) is 36.8 Å². The van der Waals surface area contributed by atoms with Crippen LogP contribution in [0.1, 0.15) is 22.7 Å². The largest absolute Gasteiger partial charge is 0.497 e. The fourth-order valence-corrected chi connectivity index (χ4v) is 3.55. The number of nitrogens with two attached hydrogens (primary N) is 1. The van der Waals surface area contributed by atoms with Gasteiger partial charge in [-0.3, -0.25) is 4.90 Å². The molecule has 0 aromatic heterocycles. The van der Waals surface area contributed by atoms with Gasteiger partial charge >= 0.3 is 0 Å². The summed E-state index contributed by atoms with van der Waals surface area (Å²) < 4.78 is 16.2. The summed E-state index contributed by atoms with van der Waals surface area (Å²) in [6.45, 7) is 2.36. The molecule has 0 spiro atoms. The zero-order valence-electron chi connectivity index (χ0n) is 15.1. The second-order valence-electron chi connectivity index (χ2n) is 6.23. The Hall–Kier alpha value is -2.24. The topological polar surface area (TPSA) is 57.0 Å². The van der Waals surface area contributed by atoms with E-state index in [4.69, 9.17) is 19.9 Å². The molecule has 1 aliphatic rings. The summed E-state index contributed by atoms with van der Waals surface area (Å²) in [7, 11) is 5.03. The third-order valence-electron chi connectivity index (χ3n) is 4.86. The van der Waals surface area contributed by atoms with Gasteiger partial charge in [0.15, 0.2) is 11.5 Å². The molecule has 0 unspecified atom stereocenters. The average Bonchev–Trinajstić information content (AvgIpc) is 2.66. The lowest BCUT2D eigenvalue weighted by Crippen LogP contribution is -2.38. The fourth-order valence-electron chi connectivity index (χ4n) is 3.55. The lowest BCUT2D eigenvalue weighted by molar-refractivity contribution is 0.180. The molecule has 0 saturated heterocycles. The molecule has 0 bridgehead atoms. The number of hydrogen-bond acceptors (Lipinski definition) is 5. The Morgan fingerprint density at radius 2 is 1.80 bits per heavy atom. The summed E-state index contributed by atoms with van der Waals surface area (Å²) in [4.78, 5) is 2.42. The highest BCUT2D eigenvalue weighted by Gasteiger charge is 2.28. The van der Waals surface area contributed by atoms with E-state index in [9.17, 15) is 0 Å². The molecule has 0 fully saturated rings. The predicted molar refractivity (Wildman–Crippen MR) is 98.4 cm³/mol. The molecule has 2 aromatic carbocycles. The Morgan fingerprint density at radius 1 is 1.04 bits per heavy atom. The van der Waals surface area contributed by atoms with Gasteiger partial charge in [-0.1, -0.05) is 12.1 Å². The van der Waals surface area contributed by atoms with Crippen LogP contribution in [-0.4, -0.2) is 39.3 Å². The molecule has 0 aliphatic carbocycles. The highest BCUT2D eigenvalue weighted by molar-refractivity contribution is 5.49. The van der Waals surface area contributed by atoms with Crippen molar-refractivity contribution in [3.8, 4) is 17.2 Å². The molecule has 0 radical (unpaired) electrons. The van der Waals surface area contributed by atoms with Crippen molar-refractivity contribution in [2.24, 2.45) is 5.73 Å². The van der Waals surface area contributed by atoms with Crippen LogP contribution in [0.4, 0.5) is 0 Å². The van der Waals surface area contributed by atoms with E-state index < -0.39 is 0 Å². The van der Waals surface area contributed by atoms with Crippen molar-refractivity contribution in [3.05, 3.63) is 53.1 Å². The summed E-state index contributed by atoms with van der Waals surface area (Å²) in [6.07, 6.45) is 0.968. The molecule has 0 saturated carbocycles. The lowest BCUT2D eigenvalue weighted by Gasteiger charge is -2.37. The van der Waals surface area contributed by atoms with Crippen LogP contribution in [0.2, 0.25) is 0 Å². The second-order valence-corrected chi connectivity index (χ2v) is 6.23. The van der Waals surface area contributed by atoms with Crippen LogP contribution in [0, 0.1) is 0 Å². The van der Waals surface area contributed by atoms with E-state index in [1.54, 1.807) is 21.3 Å². The molecule has 0 amide bonds. The Bertz CT molecular complexity index is 733. The number of rotatable bonds is 6. The number of ether oxygens (including phenoxy) is 3. The summed E-state index contributed by atoms with van der Waals surface area (Å²) in [5, 5.41) is 0. The number of benzene rings is 2. The van der Waals surface area contributed by atoms with Crippen molar-refractivity contribution < 1.29 is 14.2 Å². The molecule has 2 aromatic rings. The third kappa shape index (κ3) is 3.57. The maximum absolute atomic E-state index is 6.14. The number of fused-ring (bicyclic) bond motifs is 1. The van der Waals surface area contributed by atoms with Gasteiger partial charge < -0.3 is 19.9 Å². The zero-order chi connectivity index (χ0) is 17.8. The first-order valence-corrected chi connectivity index (χ1v) is 8.52. The van der Waals surface area contributed by atoms with E-state index >= 15 is 0 Å². The molecule has 2 N–H and O–H groups in total. The van der Waals surface area contributed by atoms with Gasteiger partial charge in [-0.05, 0) is 47.4 Å². The zero-order valence-corrected chi connectivity index (χ0v) is 15.1. The van der Waals surface area contributed by atoms with Gasteiger partial charge in [0.25, 0.3) is 0 Å². The van der Waals surface area contributed by atoms with Gasteiger partial charge in [-0.15, -0.1) is 0 Å². The molecule has 1 atom stereocenters. The molecule has 5 nitrogen and oxygen atoms in total. The minimum atomic E-state index is 0.162. The summed E-state index contributed by atoms with van der Waals surface area (Å²) in [6, 6.07) is 12.5. The van der Waals surface area contributed by atoms with Crippen LogP contribution in [0.5, 0.6) is 17.2 Å². The van der Waals surface area contributed by atoms with E-state index in [0.29, 0.717) is 6.54 Å². The monoisotopic (exact) mass is 342 g/mol. The molecule has 1 heterocycles. The maximum atomic E-state index is 6.14. The SMILES string of the molecule is COc1cccc(CN2CCc3cc(OC)c(OC)cc3[C@@H]2CN)c1. The van der Waals surface area contributed by atoms with Crippen molar-refractivity contribution in [1.29, 1.82) is 0 Å². The molecular weight excluding hydrogens is 316 g/mol. The predicted octanol–water partition coefficient (Wildman–Crippen LogP) is 2.77. The Balaban J connectivity index is 1.89. The lowest BCUT2D eigenvalue weighted by atomic mass is 9.91. The van der Waals surface area contributed by atoms with Crippen molar-refractivity contribution in [1.82, 2.24) is 4.90 Å². The van der Waals surface area contributed by atoms with Crippen LogP contribution >= 0.6 is 0 Å². The van der Waals surface area contributed by atoms with Crippen LogP contribution < -0.4 is 19.9 Å². The highest BCUT2D eigenvalue weighted by atomic mass is 16.5. The fraction of sp³-hybridized carbons (Fsp3) is 0.400. The quantitative estimate of drug-likeness (QED) is 0.875. The maximum Gasteiger partial charge on any atom is 0.161 e. The summed E-state index contributed by atoms with van der Waals surface area (Å²) >= 11 is 0. The molecule has 3 rings (SSSR count). The summed E-state index contributed by atoms with van der Waals surface area (Å²) in [5.41, 5.74) is 9.88. The van der Waals surface area contributed by atoms with Crippen LogP contribution in [0.3, 0.4) is 0 Å². The Morgan fingerprint density at radius 3 is 2.48 bits per heavy atom. The average molecular weight is 342 g/mol. The summed E-state index contributed by atoms with van der Waals surface area (Å²) in [5.74, 6) is 2.41. The number of nitrogens with zero attached hydrogens (tertiary/aromatic N) is 1. The van der Waals surface area contributed by atoms with E-state index in [1.165, 1.54) is 16.7 Å². The van der Waals surface area contributed by atoms with Crippen molar-refractivity contribution in [2.75, 3.05) is 34.4 Å². The first-order valence-electron chi connectivity index (χ1n) is 8.52. The first kappa shape index (κ1) is 17.6. The van der Waals surface area contributed by atoms with Gasteiger partial charge in [0.05, 0.1) is 21.3 Å². The molecule has 1 aliphatic heterocycles. The smallest absolute Gasteiger partial charge is 0.161 e. The standard InChI is InChI=1S/C20H26N2O3/c1-23-16-6-4-5-14(9-16)13-22-8-7-15-10-19(24-2)20(25-3)11-17(15)18(22)12-21/h4-6,9-11,18H,7-8,12-13,21H2,1-3H3/t18-/m0/s1. The Labute approximate surface area is 149 Å². The van der Waals surface area contributed by atoms with Crippen molar-refractivity contribution >= 4 is 0 Å². The van der Waals surface area contributed by atoms with Gasteiger partial charge in [0, 0.05) is 25.7 Å². The molecule has 134 valence electrons. The minimum Gasteiger partial charge on any atom is -0.497 e. The van der Waals surface area contributed by atoms with Crippen molar-refractivity contribution in [2.45, 2.75) is 19.0 Å². The molecule has 25 heavy (non-hydrogen) atoms. The number of methoxy groups -OCH3 is 3. The third-order valence-corrected chi connectivity index (χ3v) is 4.86. The van der Waals surface area contributed by atoms with Gasteiger partial charge in [-0.25, -0.2) is 0 Å². The molecule has 5 heteroatoms. The van der Waals surface area contributed by atoms with Crippen LogP contribution in [0.25, 0.3) is 0 Å². The second kappa shape index (κ2) is 7.76. The van der Waals surface area contributed by atoms with E-state index in [-0.39, 0.29) is 6.04 Å². The van der Waals surface area contributed by atoms with E-state index in [2.05, 4.69) is 29.2 Å². The van der Waals surface area contributed by atoms with E-state index in [1.807, 2.05) is 12.1 Å². The highest BCUT2D eigenvalue weighted by Crippen LogP contribution is 2.38. The first-order chi connectivity index (χ1) is 12.2. The van der Waals surface area contributed by atoms with Gasteiger partial charge in [-0.2, -0.15) is 0 Å².